The molecule has 1 aromatic heterocycles. The molecule has 0 spiro atoms. The summed E-state index contributed by atoms with van der Waals surface area (Å²) in [7, 11) is 1.75. The lowest BCUT2D eigenvalue weighted by atomic mass is 10.1. The largest absolute Gasteiger partial charge is 0.352 e. The molecule has 0 unspecified atom stereocenters. The first-order valence-electron chi connectivity index (χ1n) is 9.75. The smallest absolute Gasteiger partial charge is 0.253 e. The van der Waals surface area contributed by atoms with E-state index < -0.39 is 0 Å². The van der Waals surface area contributed by atoms with Crippen LogP contribution in [0.2, 0.25) is 0 Å². The highest BCUT2D eigenvalue weighted by atomic mass is 32.1. The minimum Gasteiger partial charge on any atom is -0.352 e. The van der Waals surface area contributed by atoms with Gasteiger partial charge in [-0.25, -0.2) is 4.98 Å². The molecule has 28 heavy (non-hydrogen) atoms. The molecule has 0 saturated heterocycles. The molecule has 0 aliphatic heterocycles. The second-order valence-electron chi connectivity index (χ2n) is 6.77. The molecule has 6 nitrogen and oxygen atoms in total. The van der Waals surface area contributed by atoms with E-state index in [4.69, 9.17) is 0 Å². The number of hydrogen-bond donors (Lipinski definition) is 2. The number of aliphatic imine (C=N–C) groups is 1. The molecule has 152 valence electrons. The Balaban J connectivity index is 1.86. The maximum atomic E-state index is 12.4. The second-order valence-corrected chi connectivity index (χ2v) is 7.72. The van der Waals surface area contributed by atoms with Crippen LogP contribution in [0.25, 0.3) is 0 Å². The third-order valence-corrected chi connectivity index (χ3v) is 5.37. The lowest BCUT2D eigenvalue weighted by molar-refractivity contribution is 0.0773. The highest BCUT2D eigenvalue weighted by molar-refractivity contribution is 7.09. The van der Waals surface area contributed by atoms with Crippen molar-refractivity contribution in [1.82, 2.24) is 20.5 Å². The molecule has 1 amide bonds. The van der Waals surface area contributed by atoms with Crippen molar-refractivity contribution in [2.45, 2.75) is 46.7 Å². The quantitative estimate of drug-likeness (QED) is 0.524. The maximum Gasteiger partial charge on any atom is 0.253 e. The Morgan fingerprint density at radius 2 is 1.79 bits per heavy atom. The summed E-state index contributed by atoms with van der Waals surface area (Å²) in [6.07, 6.45) is 0. The highest BCUT2D eigenvalue weighted by Crippen LogP contribution is 2.17. The average molecular weight is 402 g/mol. The Kier molecular flexibility index (Phi) is 8.44. The fourth-order valence-electron chi connectivity index (χ4n) is 2.70. The van der Waals surface area contributed by atoms with Gasteiger partial charge in [0.1, 0.15) is 5.01 Å². The molecule has 0 saturated carbocycles. The van der Waals surface area contributed by atoms with Crippen LogP contribution in [-0.4, -0.2) is 41.9 Å². The summed E-state index contributed by atoms with van der Waals surface area (Å²) in [4.78, 5) is 23.1. The number of carbonyl (C=O) groups is 1. The number of rotatable bonds is 8. The van der Waals surface area contributed by atoms with Crippen molar-refractivity contribution >= 4 is 23.2 Å². The topological polar surface area (TPSA) is 69.6 Å². The Morgan fingerprint density at radius 1 is 1.14 bits per heavy atom. The van der Waals surface area contributed by atoms with E-state index in [0.29, 0.717) is 19.0 Å². The van der Waals surface area contributed by atoms with Crippen molar-refractivity contribution in [1.29, 1.82) is 0 Å². The van der Waals surface area contributed by atoms with Gasteiger partial charge in [-0.15, -0.1) is 11.3 Å². The number of aromatic nitrogens is 1. The lowest BCUT2D eigenvalue weighted by Gasteiger charge is -2.18. The van der Waals surface area contributed by atoms with Gasteiger partial charge in [0.15, 0.2) is 5.96 Å². The summed E-state index contributed by atoms with van der Waals surface area (Å²) in [6.45, 7) is 11.0. The number of nitrogens with zero attached hydrogens (tertiary/aromatic N) is 3. The number of carbonyl (C=O) groups excluding carboxylic acids is 1. The van der Waals surface area contributed by atoms with E-state index in [-0.39, 0.29) is 5.91 Å². The Bertz CT molecular complexity index is 778. The number of guanidine groups is 1. The minimum atomic E-state index is 0.0752. The molecular formula is C21H31N5OS. The molecule has 7 heteroatoms. The van der Waals surface area contributed by atoms with Crippen molar-refractivity contribution in [3.05, 3.63) is 51.5 Å². The normalized spacial score (nSPS) is 11.6. The molecule has 0 atom stereocenters. The molecule has 2 aromatic rings. The third-order valence-electron chi connectivity index (χ3n) is 4.50. The van der Waals surface area contributed by atoms with Crippen LogP contribution in [-0.2, 0) is 13.1 Å². The van der Waals surface area contributed by atoms with E-state index in [1.807, 2.05) is 43.0 Å². The monoisotopic (exact) mass is 401 g/mol. The van der Waals surface area contributed by atoms with Crippen LogP contribution in [0.15, 0.2) is 34.6 Å². The van der Waals surface area contributed by atoms with E-state index in [2.05, 4.69) is 39.8 Å². The van der Waals surface area contributed by atoms with E-state index in [9.17, 15) is 4.79 Å². The second kappa shape index (κ2) is 10.8. The van der Waals surface area contributed by atoms with Crippen LogP contribution in [0.4, 0.5) is 0 Å². The number of amides is 1. The van der Waals surface area contributed by atoms with Gasteiger partial charge in [-0.3, -0.25) is 9.79 Å². The zero-order valence-electron chi connectivity index (χ0n) is 17.5. The van der Waals surface area contributed by atoms with Gasteiger partial charge in [0.25, 0.3) is 5.91 Å². The van der Waals surface area contributed by atoms with Crippen molar-refractivity contribution in [3.63, 3.8) is 0 Å². The minimum absolute atomic E-state index is 0.0752. The molecule has 2 N–H and O–H groups in total. The molecule has 1 aromatic carbocycles. The van der Waals surface area contributed by atoms with Crippen LogP contribution < -0.4 is 10.6 Å². The fraction of sp³-hybridized carbons (Fsp3) is 0.476. The summed E-state index contributed by atoms with van der Waals surface area (Å²) in [5.41, 5.74) is 2.94. The van der Waals surface area contributed by atoms with Crippen molar-refractivity contribution < 1.29 is 4.79 Å². The van der Waals surface area contributed by atoms with Crippen molar-refractivity contribution in [2.24, 2.45) is 4.99 Å². The number of nitrogens with one attached hydrogen (secondary N) is 2. The first kappa shape index (κ1) is 21.9. The van der Waals surface area contributed by atoms with E-state index in [1.54, 1.807) is 18.4 Å². The van der Waals surface area contributed by atoms with E-state index in [0.717, 1.165) is 40.9 Å². The number of thiazole rings is 1. The molecule has 2 rings (SSSR count). The number of hydrogen-bond acceptors (Lipinski definition) is 4. The standard InChI is InChI=1S/C21H31N5OS/c1-6-26(7-2)20(27)17-10-8-16(9-11-17)12-23-21(22-5)24-13-19-25-18(14-28-19)15(3)4/h8-11,14-15H,6-7,12-13H2,1-5H3,(H2,22,23,24). The predicted octanol–water partition coefficient (Wildman–Crippen LogP) is 3.61. The molecule has 0 radical (unpaired) electrons. The van der Waals surface area contributed by atoms with Gasteiger partial charge >= 0.3 is 0 Å². The number of benzene rings is 1. The van der Waals surface area contributed by atoms with Crippen molar-refractivity contribution in [3.8, 4) is 0 Å². The zero-order valence-corrected chi connectivity index (χ0v) is 18.3. The molecular weight excluding hydrogens is 370 g/mol. The van der Waals surface area contributed by atoms with Gasteiger partial charge in [0.05, 0.1) is 12.2 Å². The fourth-order valence-corrected chi connectivity index (χ4v) is 3.59. The molecule has 0 aliphatic rings. The highest BCUT2D eigenvalue weighted by Gasteiger charge is 2.12. The maximum absolute atomic E-state index is 12.4. The molecule has 0 aliphatic carbocycles. The van der Waals surface area contributed by atoms with Crippen molar-refractivity contribution in [2.75, 3.05) is 20.1 Å². The van der Waals surface area contributed by atoms with E-state index in [1.165, 1.54) is 0 Å². The predicted molar refractivity (Wildman–Crippen MR) is 117 cm³/mol. The molecule has 0 bridgehead atoms. The van der Waals surface area contributed by atoms with Crippen LogP contribution >= 0.6 is 11.3 Å². The van der Waals surface area contributed by atoms with Gasteiger partial charge in [-0.05, 0) is 37.5 Å². The molecule has 0 fully saturated rings. The molecule has 1 heterocycles. The van der Waals surface area contributed by atoms with Crippen LogP contribution in [0.1, 0.15) is 60.2 Å². The van der Waals surface area contributed by atoms with Gasteiger partial charge in [0.2, 0.25) is 0 Å². The Morgan fingerprint density at radius 3 is 2.32 bits per heavy atom. The first-order valence-corrected chi connectivity index (χ1v) is 10.6. The average Bonchev–Trinajstić information content (AvgIpc) is 3.19. The summed E-state index contributed by atoms with van der Waals surface area (Å²) >= 11 is 1.66. The summed E-state index contributed by atoms with van der Waals surface area (Å²) in [5.74, 6) is 1.25. The Hall–Kier alpha value is -2.41. The van der Waals surface area contributed by atoms with Crippen LogP contribution in [0.3, 0.4) is 0 Å². The van der Waals surface area contributed by atoms with E-state index >= 15 is 0 Å². The Labute approximate surface area is 172 Å². The van der Waals surface area contributed by atoms with Gasteiger partial charge in [-0.2, -0.15) is 0 Å². The first-order chi connectivity index (χ1) is 13.5. The van der Waals surface area contributed by atoms with Gasteiger partial charge in [0, 0.05) is 37.6 Å². The van der Waals surface area contributed by atoms with Gasteiger partial charge in [-0.1, -0.05) is 26.0 Å². The summed E-state index contributed by atoms with van der Waals surface area (Å²) < 4.78 is 0. The lowest BCUT2D eigenvalue weighted by Crippen LogP contribution is -2.36. The van der Waals surface area contributed by atoms with Crippen LogP contribution in [0, 0.1) is 0 Å². The third kappa shape index (κ3) is 6.05. The summed E-state index contributed by atoms with van der Waals surface area (Å²) in [5, 5.41) is 9.75. The van der Waals surface area contributed by atoms with Gasteiger partial charge < -0.3 is 15.5 Å². The SMILES string of the molecule is CCN(CC)C(=O)c1ccc(CNC(=NC)NCc2nc(C(C)C)cs2)cc1. The zero-order chi connectivity index (χ0) is 20.5. The van der Waals surface area contributed by atoms with Crippen LogP contribution in [0.5, 0.6) is 0 Å². The summed E-state index contributed by atoms with van der Waals surface area (Å²) in [6, 6.07) is 7.73.